The molecular formula is C18H25IO3. The van der Waals surface area contributed by atoms with Crippen LogP contribution in [-0.4, -0.2) is 23.2 Å². The quantitative estimate of drug-likeness (QED) is 0.447. The molecule has 0 radical (unpaired) electrons. The van der Waals surface area contributed by atoms with Crippen molar-refractivity contribution in [2.75, 3.05) is 11.5 Å². The van der Waals surface area contributed by atoms with Crippen molar-refractivity contribution in [3.63, 3.8) is 0 Å². The zero-order chi connectivity index (χ0) is 16.0. The molecule has 122 valence electrons. The van der Waals surface area contributed by atoms with Crippen LogP contribution >= 0.6 is 22.6 Å². The average molecular weight is 416 g/mol. The number of hydrogen-bond donors (Lipinski definition) is 0. The van der Waals surface area contributed by atoms with Crippen molar-refractivity contribution < 1.29 is 14.2 Å². The summed E-state index contributed by atoms with van der Waals surface area (Å²) in [6.45, 7) is 4.91. The van der Waals surface area contributed by atoms with Gasteiger partial charge < -0.3 is 14.2 Å². The van der Waals surface area contributed by atoms with Gasteiger partial charge in [-0.1, -0.05) is 48.1 Å². The highest BCUT2D eigenvalue weighted by Gasteiger charge is 2.36. The number of hydrogen-bond acceptors (Lipinski definition) is 3. The number of alkyl halides is 1. The molecule has 0 fully saturated rings. The van der Waals surface area contributed by atoms with E-state index in [0.29, 0.717) is 6.61 Å². The summed E-state index contributed by atoms with van der Waals surface area (Å²) in [4.78, 5) is 0. The van der Waals surface area contributed by atoms with Gasteiger partial charge in [0.2, 0.25) is 0 Å². The van der Waals surface area contributed by atoms with E-state index in [1.54, 1.807) is 7.11 Å². The average Bonchev–Trinajstić information content (AvgIpc) is 2.82. The molecule has 1 aromatic carbocycles. The summed E-state index contributed by atoms with van der Waals surface area (Å²) in [6.07, 6.45) is 5.40. The summed E-state index contributed by atoms with van der Waals surface area (Å²) in [5, 5.41) is 0. The molecule has 0 saturated heterocycles. The van der Waals surface area contributed by atoms with Crippen LogP contribution in [0.25, 0.3) is 0 Å². The van der Waals surface area contributed by atoms with E-state index < -0.39 is 0 Å². The molecule has 3 nitrogen and oxygen atoms in total. The van der Waals surface area contributed by atoms with Crippen LogP contribution in [0, 0.1) is 0 Å². The minimum atomic E-state index is -0.180. The maximum absolute atomic E-state index is 6.22. The van der Waals surface area contributed by atoms with Crippen molar-refractivity contribution >= 4 is 22.6 Å². The second-order valence-electron chi connectivity index (χ2n) is 5.83. The van der Waals surface area contributed by atoms with Gasteiger partial charge in [0.15, 0.2) is 0 Å². The Hall–Kier alpha value is -0.750. The van der Waals surface area contributed by atoms with Gasteiger partial charge in [-0.2, -0.15) is 0 Å². The summed E-state index contributed by atoms with van der Waals surface area (Å²) in [5.41, 5.74) is 0.958. The molecule has 1 aliphatic rings. The fourth-order valence-electron chi connectivity index (χ4n) is 2.76. The first-order chi connectivity index (χ1) is 10.6. The maximum atomic E-state index is 6.22. The number of halogens is 1. The first-order valence-corrected chi connectivity index (χ1v) is 9.35. The summed E-state index contributed by atoms with van der Waals surface area (Å²) in [6, 6.07) is 7.99. The first kappa shape index (κ1) is 17.6. The lowest BCUT2D eigenvalue weighted by Crippen LogP contribution is -2.25. The van der Waals surface area contributed by atoms with Crippen LogP contribution in [-0.2, 0) is 16.1 Å². The first-order valence-electron chi connectivity index (χ1n) is 7.82. The van der Waals surface area contributed by atoms with E-state index in [1.807, 2.05) is 24.3 Å². The molecule has 2 atom stereocenters. The largest absolute Gasteiger partial charge is 0.497 e. The summed E-state index contributed by atoms with van der Waals surface area (Å²) >= 11 is 2.39. The molecule has 0 unspecified atom stereocenters. The van der Waals surface area contributed by atoms with Gasteiger partial charge in [0, 0.05) is 4.43 Å². The van der Waals surface area contributed by atoms with Gasteiger partial charge in [0.05, 0.1) is 12.7 Å². The third-order valence-corrected chi connectivity index (χ3v) is 4.48. The molecule has 22 heavy (non-hydrogen) atoms. The minimum absolute atomic E-state index is 0.0895. The summed E-state index contributed by atoms with van der Waals surface area (Å²) in [7, 11) is 1.68. The predicted octanol–water partition coefficient (Wildman–Crippen LogP) is 4.88. The van der Waals surface area contributed by atoms with E-state index in [2.05, 4.69) is 42.5 Å². The highest BCUT2D eigenvalue weighted by atomic mass is 127. The van der Waals surface area contributed by atoms with Crippen LogP contribution in [0.2, 0.25) is 0 Å². The van der Waals surface area contributed by atoms with Gasteiger partial charge in [-0.25, -0.2) is 0 Å². The molecule has 2 rings (SSSR count). The third-order valence-electron chi connectivity index (χ3n) is 3.86. The van der Waals surface area contributed by atoms with Crippen LogP contribution in [0.5, 0.6) is 5.75 Å². The van der Waals surface area contributed by atoms with Gasteiger partial charge in [-0.05, 0) is 43.5 Å². The molecule has 1 aromatic rings. The Morgan fingerprint density at radius 1 is 1.27 bits per heavy atom. The van der Waals surface area contributed by atoms with Gasteiger partial charge in [0.25, 0.3) is 0 Å². The second kappa shape index (κ2) is 8.20. The number of benzene rings is 1. The fourth-order valence-corrected chi connectivity index (χ4v) is 3.33. The monoisotopic (exact) mass is 416 g/mol. The molecule has 0 saturated carbocycles. The molecule has 0 amide bonds. The van der Waals surface area contributed by atoms with E-state index in [4.69, 9.17) is 14.2 Å². The molecule has 0 aromatic heterocycles. The predicted molar refractivity (Wildman–Crippen MR) is 97.6 cm³/mol. The smallest absolute Gasteiger partial charge is 0.124 e. The van der Waals surface area contributed by atoms with Crippen molar-refractivity contribution in [1.29, 1.82) is 0 Å². The number of rotatable bonds is 8. The number of methoxy groups -OCH3 is 1. The van der Waals surface area contributed by atoms with E-state index in [0.717, 1.165) is 40.8 Å². The van der Waals surface area contributed by atoms with Crippen molar-refractivity contribution in [2.45, 2.75) is 51.4 Å². The lowest BCUT2D eigenvalue weighted by atomic mass is 10.0. The Morgan fingerprint density at radius 3 is 2.59 bits per heavy atom. The van der Waals surface area contributed by atoms with Crippen molar-refractivity contribution in [3.8, 4) is 5.75 Å². The minimum Gasteiger partial charge on any atom is -0.497 e. The van der Waals surface area contributed by atoms with Gasteiger partial charge in [0.1, 0.15) is 24.2 Å². The molecule has 0 spiro atoms. The van der Waals surface area contributed by atoms with E-state index >= 15 is 0 Å². The topological polar surface area (TPSA) is 27.7 Å². The molecule has 0 N–H and O–H groups in total. The summed E-state index contributed by atoms with van der Waals surface area (Å²) in [5.74, 6) is 1.86. The van der Waals surface area contributed by atoms with Crippen molar-refractivity contribution in [2.24, 2.45) is 0 Å². The molecule has 0 aliphatic carbocycles. The Kier molecular flexibility index (Phi) is 6.56. The zero-order valence-corrected chi connectivity index (χ0v) is 15.8. The Labute approximate surface area is 147 Å². The SMILES string of the molecule is CCC[C@@]1(C)C=C(OCc2ccc(OC)cc2)[C@H](CCI)O1. The number of ether oxygens (including phenoxy) is 3. The fraction of sp³-hybridized carbons (Fsp3) is 0.556. The molecule has 1 heterocycles. The van der Waals surface area contributed by atoms with Crippen LogP contribution in [0.3, 0.4) is 0 Å². The van der Waals surface area contributed by atoms with E-state index in [9.17, 15) is 0 Å². The van der Waals surface area contributed by atoms with Crippen LogP contribution < -0.4 is 4.74 Å². The van der Waals surface area contributed by atoms with Gasteiger partial charge in [-0.3, -0.25) is 0 Å². The standard InChI is InChI=1S/C18H25IO3/c1-4-10-18(2)12-17(16(22-18)9-11-19)21-13-14-5-7-15(20-3)8-6-14/h5-8,12,16H,4,9-11,13H2,1-3H3/t16-,18-/m0/s1. The second-order valence-corrected chi connectivity index (χ2v) is 6.91. The Bertz CT molecular complexity index is 498. The van der Waals surface area contributed by atoms with Crippen LogP contribution in [0.15, 0.2) is 36.1 Å². The van der Waals surface area contributed by atoms with Gasteiger partial charge >= 0.3 is 0 Å². The maximum Gasteiger partial charge on any atom is 0.124 e. The highest BCUT2D eigenvalue weighted by Crippen LogP contribution is 2.35. The van der Waals surface area contributed by atoms with Gasteiger partial charge in [-0.15, -0.1) is 0 Å². The van der Waals surface area contributed by atoms with E-state index in [1.165, 1.54) is 0 Å². The normalized spacial score (nSPS) is 24.2. The third kappa shape index (κ3) is 4.62. The Morgan fingerprint density at radius 2 is 2.00 bits per heavy atom. The summed E-state index contributed by atoms with van der Waals surface area (Å²) < 4.78 is 18.5. The van der Waals surface area contributed by atoms with E-state index in [-0.39, 0.29) is 11.7 Å². The van der Waals surface area contributed by atoms with Crippen molar-refractivity contribution in [1.82, 2.24) is 0 Å². The molecule has 4 heteroatoms. The van der Waals surface area contributed by atoms with Crippen LogP contribution in [0.4, 0.5) is 0 Å². The lowest BCUT2D eigenvalue weighted by molar-refractivity contribution is -0.0351. The van der Waals surface area contributed by atoms with Crippen molar-refractivity contribution in [3.05, 3.63) is 41.7 Å². The Balaban J connectivity index is 2.01. The highest BCUT2D eigenvalue weighted by molar-refractivity contribution is 14.1. The molecule has 1 aliphatic heterocycles. The molecule has 0 bridgehead atoms. The zero-order valence-electron chi connectivity index (χ0n) is 13.6. The van der Waals surface area contributed by atoms with Crippen LogP contribution in [0.1, 0.15) is 38.7 Å². The molecular weight excluding hydrogens is 391 g/mol. The lowest BCUT2D eigenvalue weighted by Gasteiger charge is -2.23.